The SMILES string of the molecule is CCC(CC)OCCCOCCCO. The Kier molecular flexibility index (Phi) is 10.9. The van der Waals surface area contributed by atoms with Crippen molar-refractivity contribution in [2.75, 3.05) is 26.4 Å². The van der Waals surface area contributed by atoms with E-state index in [-0.39, 0.29) is 6.61 Å². The van der Waals surface area contributed by atoms with Gasteiger partial charge in [-0.1, -0.05) is 13.8 Å². The maximum atomic E-state index is 8.50. The Morgan fingerprint density at radius 3 is 2.21 bits per heavy atom. The summed E-state index contributed by atoms with van der Waals surface area (Å²) in [5, 5.41) is 8.50. The predicted molar refractivity (Wildman–Crippen MR) is 57.5 cm³/mol. The number of hydrogen-bond acceptors (Lipinski definition) is 3. The van der Waals surface area contributed by atoms with Gasteiger partial charge in [-0.15, -0.1) is 0 Å². The quantitative estimate of drug-likeness (QED) is 0.553. The van der Waals surface area contributed by atoms with Gasteiger partial charge in [0.2, 0.25) is 0 Å². The zero-order chi connectivity index (χ0) is 10.6. The second-order valence-electron chi connectivity index (χ2n) is 3.35. The van der Waals surface area contributed by atoms with Gasteiger partial charge in [-0.2, -0.15) is 0 Å². The Morgan fingerprint density at radius 1 is 1.00 bits per heavy atom. The molecule has 0 aromatic carbocycles. The van der Waals surface area contributed by atoms with Crippen LogP contribution in [-0.2, 0) is 9.47 Å². The predicted octanol–water partition coefficient (Wildman–Crippen LogP) is 1.98. The molecule has 3 heteroatoms. The number of aliphatic hydroxyl groups is 1. The van der Waals surface area contributed by atoms with E-state index in [4.69, 9.17) is 14.6 Å². The number of hydrogen-bond donors (Lipinski definition) is 1. The third-order valence-electron chi connectivity index (χ3n) is 2.14. The molecule has 0 unspecified atom stereocenters. The molecule has 1 N–H and O–H groups in total. The number of rotatable bonds is 10. The minimum Gasteiger partial charge on any atom is -0.396 e. The minimum atomic E-state index is 0.213. The summed E-state index contributed by atoms with van der Waals surface area (Å²) in [6.45, 7) is 6.68. The molecule has 0 bridgehead atoms. The van der Waals surface area contributed by atoms with E-state index in [1.165, 1.54) is 0 Å². The molecule has 0 amide bonds. The van der Waals surface area contributed by atoms with Crippen LogP contribution < -0.4 is 0 Å². The molecule has 0 spiro atoms. The molecule has 0 aliphatic rings. The van der Waals surface area contributed by atoms with Crippen molar-refractivity contribution in [1.29, 1.82) is 0 Å². The summed E-state index contributed by atoms with van der Waals surface area (Å²) in [6.07, 6.45) is 4.26. The zero-order valence-electron chi connectivity index (χ0n) is 9.50. The molecule has 0 fully saturated rings. The summed E-state index contributed by atoms with van der Waals surface area (Å²) in [5.74, 6) is 0. The Labute approximate surface area is 87.4 Å². The molecule has 0 aliphatic carbocycles. The van der Waals surface area contributed by atoms with E-state index in [0.29, 0.717) is 12.7 Å². The molecule has 0 saturated carbocycles. The Hall–Kier alpha value is -0.120. The second kappa shape index (κ2) is 11.0. The normalized spacial score (nSPS) is 11.1. The van der Waals surface area contributed by atoms with Crippen LogP contribution >= 0.6 is 0 Å². The van der Waals surface area contributed by atoms with Crippen molar-refractivity contribution in [2.45, 2.75) is 45.6 Å². The molecule has 0 radical (unpaired) electrons. The second-order valence-corrected chi connectivity index (χ2v) is 3.35. The molecular weight excluding hydrogens is 180 g/mol. The Balaban J connectivity index is 3.04. The standard InChI is InChI=1S/C11H24O3/c1-3-11(4-2)14-10-6-9-13-8-5-7-12/h11-12H,3-10H2,1-2H3. The van der Waals surface area contributed by atoms with E-state index >= 15 is 0 Å². The molecule has 0 rings (SSSR count). The van der Waals surface area contributed by atoms with Gasteiger partial charge in [0.25, 0.3) is 0 Å². The van der Waals surface area contributed by atoms with Crippen molar-refractivity contribution in [3.63, 3.8) is 0 Å². The van der Waals surface area contributed by atoms with E-state index in [0.717, 1.165) is 38.9 Å². The van der Waals surface area contributed by atoms with E-state index in [9.17, 15) is 0 Å². The maximum absolute atomic E-state index is 8.50. The van der Waals surface area contributed by atoms with Crippen molar-refractivity contribution in [1.82, 2.24) is 0 Å². The van der Waals surface area contributed by atoms with Gasteiger partial charge < -0.3 is 14.6 Å². The van der Waals surface area contributed by atoms with Crippen LogP contribution in [0.25, 0.3) is 0 Å². The molecule has 0 aliphatic heterocycles. The largest absolute Gasteiger partial charge is 0.396 e. The summed E-state index contributed by atoms with van der Waals surface area (Å²) >= 11 is 0. The van der Waals surface area contributed by atoms with Crippen LogP contribution in [-0.4, -0.2) is 37.6 Å². The van der Waals surface area contributed by atoms with Gasteiger partial charge in [-0.25, -0.2) is 0 Å². The highest BCUT2D eigenvalue weighted by molar-refractivity contribution is 4.50. The first kappa shape index (κ1) is 13.9. The van der Waals surface area contributed by atoms with Crippen LogP contribution in [0.15, 0.2) is 0 Å². The van der Waals surface area contributed by atoms with Crippen LogP contribution in [0, 0.1) is 0 Å². The Morgan fingerprint density at radius 2 is 1.64 bits per heavy atom. The van der Waals surface area contributed by atoms with Gasteiger partial charge in [0.05, 0.1) is 6.10 Å². The average Bonchev–Trinajstić information content (AvgIpc) is 2.22. The lowest BCUT2D eigenvalue weighted by Gasteiger charge is -2.13. The van der Waals surface area contributed by atoms with E-state index in [1.54, 1.807) is 0 Å². The molecule has 3 nitrogen and oxygen atoms in total. The third kappa shape index (κ3) is 8.48. The van der Waals surface area contributed by atoms with Crippen LogP contribution in [0.3, 0.4) is 0 Å². The van der Waals surface area contributed by atoms with Crippen LogP contribution in [0.5, 0.6) is 0 Å². The molecule has 0 heterocycles. The van der Waals surface area contributed by atoms with Crippen LogP contribution in [0.2, 0.25) is 0 Å². The first-order valence-electron chi connectivity index (χ1n) is 5.65. The number of aliphatic hydroxyl groups excluding tert-OH is 1. The number of ether oxygens (including phenoxy) is 2. The highest BCUT2D eigenvalue weighted by Crippen LogP contribution is 2.02. The summed E-state index contributed by atoms with van der Waals surface area (Å²) < 4.78 is 10.9. The monoisotopic (exact) mass is 204 g/mol. The van der Waals surface area contributed by atoms with Gasteiger partial charge >= 0.3 is 0 Å². The highest BCUT2D eigenvalue weighted by atomic mass is 16.5. The minimum absolute atomic E-state index is 0.213. The fourth-order valence-corrected chi connectivity index (χ4v) is 1.20. The fraction of sp³-hybridized carbons (Fsp3) is 1.00. The van der Waals surface area contributed by atoms with Gasteiger partial charge in [-0.3, -0.25) is 0 Å². The first-order chi connectivity index (χ1) is 6.85. The molecule has 0 atom stereocenters. The average molecular weight is 204 g/mol. The van der Waals surface area contributed by atoms with Crippen molar-refractivity contribution < 1.29 is 14.6 Å². The maximum Gasteiger partial charge on any atom is 0.0569 e. The smallest absolute Gasteiger partial charge is 0.0569 e. The van der Waals surface area contributed by atoms with E-state index < -0.39 is 0 Å². The van der Waals surface area contributed by atoms with Gasteiger partial charge in [0.15, 0.2) is 0 Å². The topological polar surface area (TPSA) is 38.7 Å². The third-order valence-corrected chi connectivity index (χ3v) is 2.14. The van der Waals surface area contributed by atoms with Gasteiger partial charge in [-0.05, 0) is 25.7 Å². The summed E-state index contributed by atoms with van der Waals surface area (Å²) in [6, 6.07) is 0. The van der Waals surface area contributed by atoms with E-state index in [2.05, 4.69) is 13.8 Å². The zero-order valence-corrected chi connectivity index (χ0v) is 9.50. The highest BCUT2D eigenvalue weighted by Gasteiger charge is 2.01. The lowest BCUT2D eigenvalue weighted by Crippen LogP contribution is -2.12. The van der Waals surface area contributed by atoms with Crippen molar-refractivity contribution in [2.24, 2.45) is 0 Å². The lowest BCUT2D eigenvalue weighted by molar-refractivity contribution is 0.0279. The summed E-state index contributed by atoms with van der Waals surface area (Å²) in [5.41, 5.74) is 0. The molecule has 0 aromatic heterocycles. The van der Waals surface area contributed by atoms with Crippen molar-refractivity contribution in [3.8, 4) is 0 Å². The molecule has 86 valence electrons. The fourth-order valence-electron chi connectivity index (χ4n) is 1.20. The van der Waals surface area contributed by atoms with E-state index in [1.807, 2.05) is 0 Å². The van der Waals surface area contributed by atoms with Gasteiger partial charge in [0, 0.05) is 26.4 Å². The molecule has 0 aromatic rings. The summed E-state index contributed by atoms with van der Waals surface area (Å²) in [7, 11) is 0. The van der Waals surface area contributed by atoms with Crippen LogP contribution in [0.1, 0.15) is 39.5 Å². The van der Waals surface area contributed by atoms with Crippen molar-refractivity contribution in [3.05, 3.63) is 0 Å². The van der Waals surface area contributed by atoms with Crippen molar-refractivity contribution >= 4 is 0 Å². The molecule has 14 heavy (non-hydrogen) atoms. The first-order valence-corrected chi connectivity index (χ1v) is 5.65. The molecule has 0 saturated heterocycles. The van der Waals surface area contributed by atoms with Crippen LogP contribution in [0.4, 0.5) is 0 Å². The lowest BCUT2D eigenvalue weighted by atomic mass is 10.2. The molecular formula is C11H24O3. The van der Waals surface area contributed by atoms with Gasteiger partial charge in [0.1, 0.15) is 0 Å². The summed E-state index contributed by atoms with van der Waals surface area (Å²) in [4.78, 5) is 0. The Bertz CT molecular complexity index is 103.